The Morgan fingerprint density at radius 2 is 2.05 bits per heavy atom. The molecule has 0 spiro atoms. The molecule has 0 aromatic heterocycles. The smallest absolute Gasteiger partial charge is 0.237 e. The number of amides is 1. The van der Waals surface area contributed by atoms with Crippen molar-refractivity contribution in [3.8, 4) is 0 Å². The highest BCUT2D eigenvalue weighted by atomic mass is 16.2. The molecule has 1 amide bonds. The summed E-state index contributed by atoms with van der Waals surface area (Å²) < 4.78 is 0. The minimum atomic E-state index is -0.0929. The first-order valence-electron chi connectivity index (χ1n) is 8.14. The molecular weight excluding hydrogens is 250 g/mol. The fourth-order valence-corrected chi connectivity index (χ4v) is 3.35. The summed E-state index contributed by atoms with van der Waals surface area (Å²) in [6.07, 6.45) is 7.39. The first-order chi connectivity index (χ1) is 9.43. The van der Waals surface area contributed by atoms with E-state index in [2.05, 4.69) is 36.6 Å². The molecule has 3 unspecified atom stereocenters. The summed E-state index contributed by atoms with van der Waals surface area (Å²) in [5, 5.41) is 6.55. The van der Waals surface area contributed by atoms with Gasteiger partial charge in [-0.2, -0.15) is 0 Å². The third-order valence-electron chi connectivity index (χ3n) is 5.07. The Balaban J connectivity index is 1.86. The van der Waals surface area contributed by atoms with Crippen LogP contribution in [0.5, 0.6) is 0 Å². The molecule has 0 bridgehead atoms. The van der Waals surface area contributed by atoms with E-state index in [-0.39, 0.29) is 17.5 Å². The van der Waals surface area contributed by atoms with E-state index in [1.807, 2.05) is 6.92 Å². The maximum Gasteiger partial charge on any atom is 0.237 e. The zero-order valence-electron chi connectivity index (χ0n) is 13.5. The second kappa shape index (κ2) is 6.44. The highest BCUT2D eigenvalue weighted by molar-refractivity contribution is 5.81. The Kier molecular flexibility index (Phi) is 5.08. The van der Waals surface area contributed by atoms with Crippen molar-refractivity contribution >= 4 is 5.91 Å². The lowest BCUT2D eigenvalue weighted by atomic mass is 9.75. The van der Waals surface area contributed by atoms with E-state index in [4.69, 9.17) is 0 Å². The standard InChI is InChI=1S/C16H31N3O/c1-12-6-5-9-16(10-12,19(3)4)11-17-13(2)15(20)18-14-7-8-14/h12-14,17H,5-11H2,1-4H3,(H,18,20). The predicted octanol–water partition coefficient (Wildman–Crippen LogP) is 1.75. The molecule has 0 saturated heterocycles. The van der Waals surface area contributed by atoms with Crippen LogP contribution in [0.3, 0.4) is 0 Å². The van der Waals surface area contributed by atoms with Crippen molar-refractivity contribution in [2.24, 2.45) is 5.92 Å². The molecule has 0 heterocycles. The average molecular weight is 281 g/mol. The molecule has 2 N–H and O–H groups in total. The van der Waals surface area contributed by atoms with E-state index in [0.717, 1.165) is 25.3 Å². The van der Waals surface area contributed by atoms with Crippen LogP contribution in [0.1, 0.15) is 52.4 Å². The summed E-state index contributed by atoms with van der Waals surface area (Å²) in [6.45, 7) is 5.23. The van der Waals surface area contributed by atoms with Crippen molar-refractivity contribution in [1.82, 2.24) is 15.5 Å². The second-order valence-electron chi connectivity index (χ2n) is 7.21. The molecule has 4 heteroatoms. The fourth-order valence-electron chi connectivity index (χ4n) is 3.35. The fraction of sp³-hybridized carbons (Fsp3) is 0.938. The number of hydrogen-bond acceptors (Lipinski definition) is 3. The molecule has 20 heavy (non-hydrogen) atoms. The minimum absolute atomic E-state index is 0.0929. The topological polar surface area (TPSA) is 44.4 Å². The lowest BCUT2D eigenvalue weighted by Gasteiger charge is -2.46. The van der Waals surface area contributed by atoms with Gasteiger partial charge in [-0.3, -0.25) is 4.79 Å². The van der Waals surface area contributed by atoms with Gasteiger partial charge in [0.15, 0.2) is 0 Å². The Bertz CT molecular complexity index is 341. The average Bonchev–Trinajstić information content (AvgIpc) is 3.19. The number of carbonyl (C=O) groups is 1. The zero-order chi connectivity index (χ0) is 14.8. The molecule has 3 atom stereocenters. The van der Waals surface area contributed by atoms with Crippen LogP contribution >= 0.6 is 0 Å². The summed E-state index contributed by atoms with van der Waals surface area (Å²) in [7, 11) is 4.35. The molecule has 2 fully saturated rings. The second-order valence-corrected chi connectivity index (χ2v) is 7.21. The van der Waals surface area contributed by atoms with Crippen LogP contribution in [0.15, 0.2) is 0 Å². The molecule has 4 nitrogen and oxygen atoms in total. The largest absolute Gasteiger partial charge is 0.352 e. The van der Waals surface area contributed by atoms with Crippen LogP contribution in [0.2, 0.25) is 0 Å². The normalized spacial score (nSPS) is 32.1. The van der Waals surface area contributed by atoms with Crippen LogP contribution in [0, 0.1) is 5.92 Å². The number of hydrogen-bond donors (Lipinski definition) is 2. The third-order valence-corrected chi connectivity index (χ3v) is 5.07. The highest BCUT2D eigenvalue weighted by Gasteiger charge is 2.37. The van der Waals surface area contributed by atoms with Gasteiger partial charge in [0.05, 0.1) is 6.04 Å². The number of nitrogens with zero attached hydrogens (tertiary/aromatic N) is 1. The van der Waals surface area contributed by atoms with Gasteiger partial charge in [0.2, 0.25) is 5.91 Å². The van der Waals surface area contributed by atoms with Crippen molar-refractivity contribution in [1.29, 1.82) is 0 Å². The lowest BCUT2D eigenvalue weighted by Crippen LogP contribution is -2.57. The number of rotatable bonds is 6. The van der Waals surface area contributed by atoms with E-state index >= 15 is 0 Å². The lowest BCUT2D eigenvalue weighted by molar-refractivity contribution is -0.123. The molecule has 0 aromatic carbocycles. The summed E-state index contributed by atoms with van der Waals surface area (Å²) >= 11 is 0. The first-order valence-corrected chi connectivity index (χ1v) is 8.14. The van der Waals surface area contributed by atoms with Crippen LogP contribution < -0.4 is 10.6 Å². The Hall–Kier alpha value is -0.610. The minimum Gasteiger partial charge on any atom is -0.352 e. The molecule has 0 aromatic rings. The number of likely N-dealkylation sites (N-methyl/N-ethyl adjacent to an activating group) is 1. The van der Waals surface area contributed by atoms with Crippen molar-refractivity contribution in [2.75, 3.05) is 20.6 Å². The van der Waals surface area contributed by atoms with Gasteiger partial charge in [-0.05, 0) is 52.6 Å². The Morgan fingerprint density at radius 1 is 1.35 bits per heavy atom. The first kappa shape index (κ1) is 15.8. The van der Waals surface area contributed by atoms with E-state index in [1.165, 1.54) is 25.7 Å². The molecule has 2 aliphatic rings. The van der Waals surface area contributed by atoms with Gasteiger partial charge in [0.1, 0.15) is 0 Å². The zero-order valence-corrected chi connectivity index (χ0v) is 13.5. The molecule has 2 rings (SSSR count). The van der Waals surface area contributed by atoms with Crippen molar-refractivity contribution in [2.45, 2.75) is 70.0 Å². The predicted molar refractivity (Wildman–Crippen MR) is 82.7 cm³/mol. The number of nitrogens with one attached hydrogen (secondary N) is 2. The highest BCUT2D eigenvalue weighted by Crippen LogP contribution is 2.35. The van der Waals surface area contributed by atoms with Gasteiger partial charge in [-0.15, -0.1) is 0 Å². The maximum absolute atomic E-state index is 12.0. The summed E-state index contributed by atoms with van der Waals surface area (Å²) in [4.78, 5) is 14.4. The van der Waals surface area contributed by atoms with Crippen LogP contribution in [-0.2, 0) is 4.79 Å². The van der Waals surface area contributed by atoms with Gasteiger partial charge >= 0.3 is 0 Å². The van der Waals surface area contributed by atoms with Gasteiger partial charge in [-0.1, -0.05) is 19.8 Å². The van der Waals surface area contributed by atoms with E-state index in [9.17, 15) is 4.79 Å². The molecule has 116 valence electrons. The summed E-state index contributed by atoms with van der Waals surface area (Å²) in [5.41, 5.74) is 0.214. The third kappa shape index (κ3) is 3.95. The van der Waals surface area contributed by atoms with Crippen molar-refractivity contribution < 1.29 is 4.79 Å². The Labute approximate surface area is 123 Å². The van der Waals surface area contributed by atoms with E-state index in [0.29, 0.717) is 6.04 Å². The Morgan fingerprint density at radius 3 is 2.60 bits per heavy atom. The van der Waals surface area contributed by atoms with Crippen molar-refractivity contribution in [3.05, 3.63) is 0 Å². The summed E-state index contributed by atoms with van der Waals surface area (Å²) in [5.74, 6) is 0.939. The molecule has 0 radical (unpaired) electrons. The number of carbonyl (C=O) groups excluding carboxylic acids is 1. The van der Waals surface area contributed by atoms with Gasteiger partial charge in [0.25, 0.3) is 0 Å². The van der Waals surface area contributed by atoms with Gasteiger partial charge < -0.3 is 15.5 Å². The van der Waals surface area contributed by atoms with Crippen LogP contribution in [-0.4, -0.2) is 49.1 Å². The van der Waals surface area contributed by atoms with Gasteiger partial charge in [0, 0.05) is 18.1 Å². The maximum atomic E-state index is 12.0. The van der Waals surface area contributed by atoms with Crippen molar-refractivity contribution in [3.63, 3.8) is 0 Å². The molecule has 2 aliphatic carbocycles. The van der Waals surface area contributed by atoms with E-state index < -0.39 is 0 Å². The monoisotopic (exact) mass is 281 g/mol. The molecular formula is C16H31N3O. The SMILES string of the molecule is CC1CCCC(CNC(C)C(=O)NC2CC2)(N(C)C)C1. The van der Waals surface area contributed by atoms with E-state index in [1.54, 1.807) is 0 Å². The molecule has 2 saturated carbocycles. The quantitative estimate of drug-likeness (QED) is 0.779. The van der Waals surface area contributed by atoms with Gasteiger partial charge in [-0.25, -0.2) is 0 Å². The molecule has 0 aliphatic heterocycles. The van der Waals surface area contributed by atoms with Crippen LogP contribution in [0.4, 0.5) is 0 Å². The van der Waals surface area contributed by atoms with Crippen LogP contribution in [0.25, 0.3) is 0 Å². The summed E-state index contributed by atoms with van der Waals surface area (Å²) in [6, 6.07) is 0.355.